The van der Waals surface area contributed by atoms with Crippen LogP contribution in [0.3, 0.4) is 0 Å². The molecule has 1 N–H and O–H groups in total. The molecule has 0 saturated heterocycles. The van der Waals surface area contributed by atoms with Gasteiger partial charge in [-0.1, -0.05) is 11.6 Å². The maximum absolute atomic E-state index is 12.3. The van der Waals surface area contributed by atoms with Crippen LogP contribution in [-0.2, 0) is 22.4 Å². The van der Waals surface area contributed by atoms with Crippen LogP contribution in [0.1, 0.15) is 17.0 Å². The summed E-state index contributed by atoms with van der Waals surface area (Å²) in [5, 5.41) is 3.86. The highest BCUT2D eigenvalue weighted by Gasteiger charge is 2.28. The Kier molecular flexibility index (Phi) is 3.90. The van der Waals surface area contributed by atoms with E-state index in [4.69, 9.17) is 16.3 Å². The Hall–Kier alpha value is -2.12. The lowest BCUT2D eigenvalue weighted by Crippen LogP contribution is -2.43. The van der Waals surface area contributed by atoms with Crippen molar-refractivity contribution in [3.8, 4) is 5.75 Å². The molecule has 2 heterocycles. The van der Waals surface area contributed by atoms with Crippen LogP contribution in [0.5, 0.6) is 5.75 Å². The highest BCUT2D eigenvalue weighted by Crippen LogP contribution is 2.34. The van der Waals surface area contributed by atoms with Crippen LogP contribution in [0, 0.1) is 0 Å². The maximum Gasteiger partial charge on any atom is 0.265 e. The number of hydrogen-bond acceptors (Lipinski definition) is 5. The van der Waals surface area contributed by atoms with Crippen molar-refractivity contribution in [3.63, 3.8) is 0 Å². The molecule has 0 bridgehead atoms. The number of thiazole rings is 1. The van der Waals surface area contributed by atoms with Crippen molar-refractivity contribution in [2.75, 3.05) is 23.4 Å². The monoisotopic (exact) mass is 363 g/mol. The van der Waals surface area contributed by atoms with Crippen molar-refractivity contribution in [1.29, 1.82) is 0 Å². The number of rotatable bonds is 3. The summed E-state index contributed by atoms with van der Waals surface area (Å²) in [4.78, 5) is 31.5. The average molecular weight is 364 g/mol. The molecule has 0 unspecified atom stereocenters. The van der Waals surface area contributed by atoms with E-state index in [2.05, 4.69) is 10.3 Å². The Labute approximate surface area is 147 Å². The molecule has 0 saturated carbocycles. The molecule has 1 aliphatic carbocycles. The summed E-state index contributed by atoms with van der Waals surface area (Å²) in [7, 11) is 0. The molecule has 2 amide bonds. The number of nitrogens with one attached hydrogen (secondary N) is 1. The van der Waals surface area contributed by atoms with Crippen LogP contribution in [0.15, 0.2) is 18.2 Å². The van der Waals surface area contributed by atoms with E-state index in [1.807, 2.05) is 0 Å². The SMILES string of the molecule is O=C(CN1C(=O)COc2ccc(Cl)cc21)Nc1nc2c(s1)CCC2. The quantitative estimate of drug-likeness (QED) is 0.910. The molecule has 0 spiro atoms. The molecular formula is C16H14ClN3O3S. The first-order chi connectivity index (χ1) is 11.6. The van der Waals surface area contributed by atoms with E-state index in [-0.39, 0.29) is 25.0 Å². The molecule has 1 aromatic carbocycles. The summed E-state index contributed by atoms with van der Waals surface area (Å²) in [6, 6.07) is 5.01. The number of aryl methyl sites for hydroxylation is 2. The molecule has 8 heteroatoms. The summed E-state index contributed by atoms with van der Waals surface area (Å²) in [6.45, 7) is -0.187. The third kappa shape index (κ3) is 2.85. The minimum absolute atomic E-state index is 0.0898. The van der Waals surface area contributed by atoms with Crippen molar-refractivity contribution >= 4 is 45.6 Å². The number of anilines is 2. The first-order valence-corrected chi connectivity index (χ1v) is 8.81. The number of ether oxygens (including phenoxy) is 1. The topological polar surface area (TPSA) is 71.5 Å². The van der Waals surface area contributed by atoms with Crippen molar-refractivity contribution in [1.82, 2.24) is 4.98 Å². The molecule has 0 atom stereocenters. The molecule has 0 radical (unpaired) electrons. The molecule has 4 rings (SSSR count). The molecule has 1 aliphatic heterocycles. The fourth-order valence-electron chi connectivity index (χ4n) is 2.89. The zero-order chi connectivity index (χ0) is 16.7. The number of aromatic nitrogens is 1. The Morgan fingerprint density at radius 1 is 1.42 bits per heavy atom. The summed E-state index contributed by atoms with van der Waals surface area (Å²) >= 11 is 7.51. The van der Waals surface area contributed by atoms with Crippen LogP contribution in [0.25, 0.3) is 0 Å². The van der Waals surface area contributed by atoms with Gasteiger partial charge in [-0.25, -0.2) is 4.98 Å². The summed E-state index contributed by atoms with van der Waals surface area (Å²) in [6.07, 6.45) is 3.12. The second-order valence-electron chi connectivity index (χ2n) is 5.67. The number of halogens is 1. The Morgan fingerprint density at radius 2 is 2.29 bits per heavy atom. The van der Waals surface area contributed by atoms with Crippen LogP contribution >= 0.6 is 22.9 Å². The van der Waals surface area contributed by atoms with Gasteiger partial charge in [-0.05, 0) is 37.5 Å². The third-order valence-electron chi connectivity index (χ3n) is 4.01. The standard InChI is InChI=1S/C16H14ClN3O3S/c17-9-4-5-12-11(6-9)20(15(22)8-23-12)7-14(21)19-16-18-10-2-1-3-13(10)24-16/h4-6H,1-3,7-8H2,(H,18,19,21). The van der Waals surface area contributed by atoms with E-state index in [1.165, 1.54) is 21.1 Å². The van der Waals surface area contributed by atoms with Crippen LogP contribution in [0.4, 0.5) is 10.8 Å². The van der Waals surface area contributed by atoms with Gasteiger partial charge in [-0.3, -0.25) is 14.5 Å². The minimum Gasteiger partial charge on any atom is -0.482 e. The number of carbonyl (C=O) groups excluding carboxylic acids is 2. The summed E-state index contributed by atoms with van der Waals surface area (Å²) in [5.74, 6) is -0.0230. The third-order valence-corrected chi connectivity index (χ3v) is 5.32. The average Bonchev–Trinajstić information content (AvgIpc) is 3.11. The van der Waals surface area contributed by atoms with Gasteiger partial charge in [-0.15, -0.1) is 11.3 Å². The number of fused-ring (bicyclic) bond motifs is 2. The minimum atomic E-state index is -0.288. The molecule has 1 aromatic heterocycles. The lowest BCUT2D eigenvalue weighted by molar-refractivity contribution is -0.123. The van der Waals surface area contributed by atoms with E-state index in [9.17, 15) is 9.59 Å². The van der Waals surface area contributed by atoms with Crippen molar-refractivity contribution in [3.05, 3.63) is 33.8 Å². The number of nitrogens with zero attached hydrogens (tertiary/aromatic N) is 2. The Morgan fingerprint density at radius 3 is 3.12 bits per heavy atom. The van der Waals surface area contributed by atoms with Gasteiger partial charge >= 0.3 is 0 Å². The van der Waals surface area contributed by atoms with Crippen molar-refractivity contribution in [2.24, 2.45) is 0 Å². The largest absolute Gasteiger partial charge is 0.482 e. The molecule has 2 aliphatic rings. The second kappa shape index (κ2) is 6.07. The van der Waals surface area contributed by atoms with Gasteiger partial charge in [0.2, 0.25) is 5.91 Å². The van der Waals surface area contributed by atoms with Gasteiger partial charge in [0.25, 0.3) is 5.91 Å². The molecule has 6 nitrogen and oxygen atoms in total. The van der Waals surface area contributed by atoms with Gasteiger partial charge in [0.05, 0.1) is 11.4 Å². The van der Waals surface area contributed by atoms with Gasteiger partial charge in [0, 0.05) is 9.90 Å². The van der Waals surface area contributed by atoms with Crippen molar-refractivity contribution in [2.45, 2.75) is 19.3 Å². The Bertz CT molecular complexity index is 814. The summed E-state index contributed by atoms with van der Waals surface area (Å²) in [5.41, 5.74) is 1.59. The maximum atomic E-state index is 12.3. The zero-order valence-corrected chi connectivity index (χ0v) is 14.2. The number of carbonyl (C=O) groups is 2. The van der Waals surface area contributed by atoms with Gasteiger partial charge in [-0.2, -0.15) is 0 Å². The predicted octanol–water partition coefficient (Wildman–Crippen LogP) is 2.65. The lowest BCUT2D eigenvalue weighted by atomic mass is 10.2. The lowest BCUT2D eigenvalue weighted by Gasteiger charge is -2.28. The fraction of sp³-hybridized carbons (Fsp3) is 0.312. The fourth-order valence-corrected chi connectivity index (χ4v) is 4.13. The second-order valence-corrected chi connectivity index (χ2v) is 7.19. The number of benzene rings is 1. The van der Waals surface area contributed by atoms with Crippen molar-refractivity contribution < 1.29 is 14.3 Å². The van der Waals surface area contributed by atoms with Crippen LogP contribution < -0.4 is 15.0 Å². The number of hydrogen-bond donors (Lipinski definition) is 1. The Balaban J connectivity index is 1.50. The number of amides is 2. The van der Waals surface area contributed by atoms with E-state index in [0.29, 0.717) is 21.6 Å². The van der Waals surface area contributed by atoms with Gasteiger partial charge in [0.15, 0.2) is 11.7 Å². The molecule has 24 heavy (non-hydrogen) atoms. The van der Waals surface area contributed by atoms with Crippen LogP contribution in [0.2, 0.25) is 5.02 Å². The van der Waals surface area contributed by atoms with Crippen LogP contribution in [-0.4, -0.2) is 29.9 Å². The normalized spacial score (nSPS) is 15.7. The van der Waals surface area contributed by atoms with Gasteiger partial charge < -0.3 is 10.1 Å². The molecule has 0 fully saturated rings. The predicted molar refractivity (Wildman–Crippen MR) is 92.1 cm³/mol. The zero-order valence-electron chi connectivity index (χ0n) is 12.7. The smallest absolute Gasteiger partial charge is 0.265 e. The highest BCUT2D eigenvalue weighted by molar-refractivity contribution is 7.15. The van der Waals surface area contributed by atoms with E-state index < -0.39 is 0 Å². The van der Waals surface area contributed by atoms with E-state index >= 15 is 0 Å². The first-order valence-electron chi connectivity index (χ1n) is 7.61. The van der Waals surface area contributed by atoms with E-state index in [0.717, 1.165) is 25.0 Å². The molecule has 2 aromatic rings. The highest BCUT2D eigenvalue weighted by atomic mass is 35.5. The van der Waals surface area contributed by atoms with Gasteiger partial charge in [0.1, 0.15) is 12.3 Å². The van der Waals surface area contributed by atoms with E-state index in [1.54, 1.807) is 18.2 Å². The molecular weight excluding hydrogens is 350 g/mol. The molecule has 124 valence electrons. The first kappa shape index (κ1) is 15.4. The summed E-state index contributed by atoms with van der Waals surface area (Å²) < 4.78 is 5.37.